The van der Waals surface area contributed by atoms with Crippen LogP contribution >= 0.6 is 0 Å². The van der Waals surface area contributed by atoms with Crippen molar-refractivity contribution in [3.8, 4) is 17.6 Å². The summed E-state index contributed by atoms with van der Waals surface area (Å²) in [4.78, 5) is 4.13. The summed E-state index contributed by atoms with van der Waals surface area (Å²) in [7, 11) is 1.54. The Bertz CT molecular complexity index is 820. The summed E-state index contributed by atoms with van der Waals surface area (Å²) in [6.07, 6.45) is 1.50. The van der Waals surface area contributed by atoms with Crippen LogP contribution in [0.4, 0.5) is 0 Å². The molecule has 2 aromatic heterocycles. The van der Waals surface area contributed by atoms with Gasteiger partial charge in [0, 0.05) is 6.07 Å². The number of pyridine rings is 1. The van der Waals surface area contributed by atoms with Crippen LogP contribution in [0.2, 0.25) is 0 Å². The van der Waals surface area contributed by atoms with Gasteiger partial charge in [0.25, 0.3) is 0 Å². The summed E-state index contributed by atoms with van der Waals surface area (Å²) in [6.45, 7) is 0.322. The van der Waals surface area contributed by atoms with Crippen LogP contribution in [-0.2, 0) is 6.61 Å². The van der Waals surface area contributed by atoms with Gasteiger partial charge in [-0.05, 0) is 24.3 Å². The zero-order valence-corrected chi connectivity index (χ0v) is 11.4. The van der Waals surface area contributed by atoms with Gasteiger partial charge in [0.15, 0.2) is 17.1 Å². The second-order valence-corrected chi connectivity index (χ2v) is 4.31. The van der Waals surface area contributed by atoms with Crippen molar-refractivity contribution in [2.75, 3.05) is 7.11 Å². The van der Waals surface area contributed by atoms with Crippen LogP contribution in [-0.4, -0.2) is 21.7 Å². The zero-order valence-electron chi connectivity index (χ0n) is 11.4. The SMILES string of the molecule is COc1cc(C#N)ccc1OCc1cccc2ncnn12. The van der Waals surface area contributed by atoms with Crippen molar-refractivity contribution >= 4 is 5.65 Å². The Hall–Kier alpha value is -3.07. The summed E-state index contributed by atoms with van der Waals surface area (Å²) < 4.78 is 12.7. The molecule has 21 heavy (non-hydrogen) atoms. The summed E-state index contributed by atoms with van der Waals surface area (Å²) in [5.41, 5.74) is 2.16. The molecule has 0 N–H and O–H groups in total. The Morgan fingerprint density at radius 2 is 2.14 bits per heavy atom. The number of hydrogen-bond acceptors (Lipinski definition) is 5. The molecule has 0 aliphatic rings. The molecule has 0 bridgehead atoms. The first-order valence-corrected chi connectivity index (χ1v) is 6.30. The summed E-state index contributed by atoms with van der Waals surface area (Å²) in [5, 5.41) is 13.0. The van der Waals surface area contributed by atoms with Crippen molar-refractivity contribution in [2.24, 2.45) is 0 Å². The number of rotatable bonds is 4. The lowest BCUT2D eigenvalue weighted by Crippen LogP contribution is -2.04. The van der Waals surface area contributed by atoms with Crippen LogP contribution in [0, 0.1) is 11.3 Å². The molecule has 0 atom stereocenters. The van der Waals surface area contributed by atoms with Gasteiger partial charge in [-0.2, -0.15) is 10.4 Å². The number of benzene rings is 1. The first kappa shape index (κ1) is 12.9. The Balaban J connectivity index is 1.85. The molecule has 2 heterocycles. The molecule has 3 rings (SSSR count). The minimum absolute atomic E-state index is 0.322. The molecule has 6 nitrogen and oxygen atoms in total. The maximum atomic E-state index is 8.89. The molecule has 0 aliphatic carbocycles. The highest BCUT2D eigenvalue weighted by atomic mass is 16.5. The predicted molar refractivity (Wildman–Crippen MR) is 75.0 cm³/mol. The number of methoxy groups -OCH3 is 1. The van der Waals surface area contributed by atoms with Crippen molar-refractivity contribution in [3.63, 3.8) is 0 Å². The molecule has 0 amide bonds. The maximum absolute atomic E-state index is 8.89. The van der Waals surface area contributed by atoms with Crippen LogP contribution in [0.15, 0.2) is 42.7 Å². The lowest BCUT2D eigenvalue weighted by molar-refractivity contribution is 0.278. The molecule has 6 heteroatoms. The summed E-state index contributed by atoms with van der Waals surface area (Å²) in [6, 6.07) is 12.8. The number of nitrogens with zero attached hydrogens (tertiary/aromatic N) is 4. The second kappa shape index (κ2) is 5.51. The van der Waals surface area contributed by atoms with Gasteiger partial charge in [-0.1, -0.05) is 6.07 Å². The zero-order chi connectivity index (χ0) is 14.7. The molecule has 0 spiro atoms. The summed E-state index contributed by atoms with van der Waals surface area (Å²) in [5.74, 6) is 1.11. The van der Waals surface area contributed by atoms with E-state index in [1.165, 1.54) is 6.33 Å². The van der Waals surface area contributed by atoms with Gasteiger partial charge in [0.1, 0.15) is 12.9 Å². The highest BCUT2D eigenvalue weighted by molar-refractivity contribution is 5.46. The third kappa shape index (κ3) is 2.49. The molecule has 104 valence electrons. The Kier molecular flexibility index (Phi) is 3.39. The van der Waals surface area contributed by atoms with E-state index in [9.17, 15) is 0 Å². The van der Waals surface area contributed by atoms with E-state index in [-0.39, 0.29) is 0 Å². The van der Waals surface area contributed by atoms with Crippen molar-refractivity contribution in [2.45, 2.75) is 6.61 Å². The van der Waals surface area contributed by atoms with Gasteiger partial charge in [-0.25, -0.2) is 9.50 Å². The second-order valence-electron chi connectivity index (χ2n) is 4.31. The maximum Gasteiger partial charge on any atom is 0.162 e. The van der Waals surface area contributed by atoms with E-state index in [0.29, 0.717) is 23.7 Å². The molecule has 0 radical (unpaired) electrons. The van der Waals surface area contributed by atoms with Gasteiger partial charge < -0.3 is 9.47 Å². The van der Waals surface area contributed by atoms with E-state index in [1.807, 2.05) is 18.2 Å². The number of nitriles is 1. The van der Waals surface area contributed by atoms with E-state index in [2.05, 4.69) is 16.2 Å². The quantitative estimate of drug-likeness (QED) is 0.732. The van der Waals surface area contributed by atoms with Gasteiger partial charge in [-0.15, -0.1) is 0 Å². The first-order chi connectivity index (χ1) is 10.3. The number of aromatic nitrogens is 3. The molecule has 3 aromatic rings. The molecule has 0 fully saturated rings. The van der Waals surface area contributed by atoms with E-state index < -0.39 is 0 Å². The van der Waals surface area contributed by atoms with Crippen molar-refractivity contribution in [3.05, 3.63) is 54.0 Å². The topological polar surface area (TPSA) is 72.4 Å². The van der Waals surface area contributed by atoms with Crippen LogP contribution in [0.3, 0.4) is 0 Å². The molecular formula is C15H12N4O2. The standard InChI is InChI=1S/C15H12N4O2/c1-20-14-7-11(8-16)5-6-13(14)21-9-12-3-2-4-15-17-10-18-19(12)15/h2-7,10H,9H2,1H3. The summed E-state index contributed by atoms with van der Waals surface area (Å²) >= 11 is 0. The van der Waals surface area contributed by atoms with Crippen LogP contribution < -0.4 is 9.47 Å². The molecule has 0 unspecified atom stereocenters. The van der Waals surface area contributed by atoms with Crippen LogP contribution in [0.25, 0.3) is 5.65 Å². The fourth-order valence-electron chi connectivity index (χ4n) is 2.02. The van der Waals surface area contributed by atoms with E-state index in [1.54, 1.807) is 29.8 Å². The van der Waals surface area contributed by atoms with Gasteiger partial charge >= 0.3 is 0 Å². The van der Waals surface area contributed by atoms with Crippen molar-refractivity contribution in [1.29, 1.82) is 5.26 Å². The normalized spacial score (nSPS) is 10.3. The lowest BCUT2D eigenvalue weighted by atomic mass is 10.2. The van der Waals surface area contributed by atoms with Crippen LogP contribution in [0.1, 0.15) is 11.3 Å². The van der Waals surface area contributed by atoms with E-state index in [4.69, 9.17) is 14.7 Å². The third-order valence-electron chi connectivity index (χ3n) is 3.05. The Morgan fingerprint density at radius 3 is 2.95 bits per heavy atom. The smallest absolute Gasteiger partial charge is 0.162 e. The average Bonchev–Trinajstić information content (AvgIpc) is 3.01. The number of fused-ring (bicyclic) bond motifs is 1. The largest absolute Gasteiger partial charge is 0.493 e. The molecule has 0 saturated heterocycles. The molecule has 0 saturated carbocycles. The Labute approximate surface area is 121 Å². The third-order valence-corrected chi connectivity index (χ3v) is 3.05. The number of ether oxygens (including phenoxy) is 2. The van der Waals surface area contributed by atoms with Crippen molar-refractivity contribution < 1.29 is 9.47 Å². The fraction of sp³-hybridized carbons (Fsp3) is 0.133. The minimum atomic E-state index is 0.322. The molecule has 0 aliphatic heterocycles. The predicted octanol–water partition coefficient (Wildman–Crippen LogP) is 2.19. The Morgan fingerprint density at radius 1 is 1.24 bits per heavy atom. The lowest BCUT2D eigenvalue weighted by Gasteiger charge is -2.11. The van der Waals surface area contributed by atoms with Gasteiger partial charge in [-0.3, -0.25) is 0 Å². The monoisotopic (exact) mass is 280 g/mol. The number of hydrogen-bond donors (Lipinski definition) is 0. The van der Waals surface area contributed by atoms with Gasteiger partial charge in [0.2, 0.25) is 0 Å². The van der Waals surface area contributed by atoms with E-state index >= 15 is 0 Å². The average molecular weight is 280 g/mol. The minimum Gasteiger partial charge on any atom is -0.493 e. The molecular weight excluding hydrogens is 268 g/mol. The highest BCUT2D eigenvalue weighted by Gasteiger charge is 2.08. The fourth-order valence-corrected chi connectivity index (χ4v) is 2.02. The van der Waals surface area contributed by atoms with Crippen molar-refractivity contribution in [1.82, 2.24) is 14.6 Å². The first-order valence-electron chi connectivity index (χ1n) is 6.30. The van der Waals surface area contributed by atoms with Gasteiger partial charge in [0.05, 0.1) is 24.4 Å². The highest BCUT2D eigenvalue weighted by Crippen LogP contribution is 2.28. The van der Waals surface area contributed by atoms with E-state index in [0.717, 1.165) is 11.3 Å². The molecule has 1 aromatic carbocycles. The van der Waals surface area contributed by atoms with Crippen LogP contribution in [0.5, 0.6) is 11.5 Å².